The molecule has 1 unspecified atom stereocenters. The highest BCUT2D eigenvalue weighted by Gasteiger charge is 2.38. The average molecular weight is 443 g/mol. The van der Waals surface area contributed by atoms with Crippen LogP contribution in [0.25, 0.3) is 0 Å². The molecule has 2 saturated heterocycles. The predicted molar refractivity (Wildman–Crippen MR) is 106 cm³/mol. The quantitative estimate of drug-likeness (QED) is 0.710. The van der Waals surface area contributed by atoms with Crippen molar-refractivity contribution in [1.29, 1.82) is 0 Å². The van der Waals surface area contributed by atoms with Crippen LogP contribution in [-0.2, 0) is 19.6 Å². The molecular formula is C18H23ClN4O5S. The van der Waals surface area contributed by atoms with E-state index in [4.69, 9.17) is 22.1 Å². The first-order valence-electron chi connectivity index (χ1n) is 9.59. The maximum Gasteiger partial charge on any atom is 0.262 e. The molecule has 2 amide bonds. The Morgan fingerprint density at radius 2 is 1.93 bits per heavy atom. The first kappa shape index (κ1) is 20.4. The molecule has 1 atom stereocenters. The van der Waals surface area contributed by atoms with Crippen LogP contribution in [0.3, 0.4) is 0 Å². The van der Waals surface area contributed by atoms with E-state index >= 15 is 0 Å². The van der Waals surface area contributed by atoms with Crippen molar-refractivity contribution in [3.05, 3.63) is 17.2 Å². The Bertz CT molecular complexity index is 946. The second-order valence-electron chi connectivity index (χ2n) is 7.55. The molecule has 0 aromatic heterocycles. The van der Waals surface area contributed by atoms with Gasteiger partial charge in [-0.05, 0) is 38.3 Å². The Morgan fingerprint density at radius 1 is 1.21 bits per heavy atom. The van der Waals surface area contributed by atoms with E-state index in [1.807, 2.05) is 0 Å². The Balaban J connectivity index is 1.50. The lowest BCUT2D eigenvalue weighted by Gasteiger charge is -2.38. The number of nitrogens with two attached hydrogens (primary N) is 1. The van der Waals surface area contributed by atoms with Crippen LogP contribution in [-0.4, -0.2) is 67.8 Å². The van der Waals surface area contributed by atoms with Crippen LogP contribution < -0.4 is 15.8 Å². The minimum absolute atomic E-state index is 0.0324. The van der Waals surface area contributed by atoms with E-state index in [0.29, 0.717) is 31.6 Å². The molecule has 1 aromatic rings. The topological polar surface area (TPSA) is 122 Å². The highest BCUT2D eigenvalue weighted by molar-refractivity contribution is 7.89. The maximum atomic E-state index is 13.2. The summed E-state index contributed by atoms with van der Waals surface area (Å²) in [5.74, 6) is -0.350. The lowest BCUT2D eigenvalue weighted by Crippen LogP contribution is -2.51. The average Bonchev–Trinajstić information content (AvgIpc) is 3.17. The zero-order chi connectivity index (χ0) is 20.8. The molecule has 158 valence electrons. The third-order valence-electron chi connectivity index (χ3n) is 5.80. The molecule has 3 aliphatic rings. The molecule has 1 aromatic carbocycles. The SMILES string of the molecule is NC(=O)C1CCCN1C1CCN(S(=O)(=O)c2cc3c(cc2Cl)NC(=O)CO3)CC1. The van der Waals surface area contributed by atoms with Crippen LogP contribution in [0.5, 0.6) is 5.75 Å². The van der Waals surface area contributed by atoms with Crippen LogP contribution >= 0.6 is 11.6 Å². The van der Waals surface area contributed by atoms with Gasteiger partial charge in [-0.1, -0.05) is 11.6 Å². The first-order chi connectivity index (χ1) is 13.8. The Labute approximate surface area is 174 Å². The summed E-state index contributed by atoms with van der Waals surface area (Å²) in [5.41, 5.74) is 5.87. The third-order valence-corrected chi connectivity index (χ3v) is 8.16. The number of carbonyl (C=O) groups is 2. The van der Waals surface area contributed by atoms with Crippen LogP contribution in [0.2, 0.25) is 5.02 Å². The van der Waals surface area contributed by atoms with E-state index in [1.165, 1.54) is 16.4 Å². The summed E-state index contributed by atoms with van der Waals surface area (Å²) >= 11 is 6.23. The Morgan fingerprint density at radius 3 is 2.62 bits per heavy atom. The Hall–Kier alpha value is -1.88. The maximum absolute atomic E-state index is 13.2. The van der Waals surface area contributed by atoms with Crippen LogP contribution in [0.15, 0.2) is 17.0 Å². The number of amides is 2. The molecule has 2 fully saturated rings. The predicted octanol–water partition coefficient (Wildman–Crippen LogP) is 0.774. The minimum atomic E-state index is -3.82. The molecular weight excluding hydrogens is 420 g/mol. The van der Waals surface area contributed by atoms with Gasteiger partial charge in [0.25, 0.3) is 5.91 Å². The second-order valence-corrected chi connectivity index (χ2v) is 9.86. The number of nitrogens with one attached hydrogen (secondary N) is 1. The molecule has 3 heterocycles. The molecule has 29 heavy (non-hydrogen) atoms. The minimum Gasteiger partial charge on any atom is -0.482 e. The fraction of sp³-hybridized carbons (Fsp3) is 0.556. The summed E-state index contributed by atoms with van der Waals surface area (Å²) in [6.07, 6.45) is 2.93. The number of carbonyl (C=O) groups excluding carboxylic acids is 2. The molecule has 0 bridgehead atoms. The summed E-state index contributed by atoms with van der Waals surface area (Å²) < 4.78 is 33.1. The highest BCUT2D eigenvalue weighted by atomic mass is 35.5. The fourth-order valence-corrected chi connectivity index (χ4v) is 6.35. The molecule has 4 rings (SSSR count). The molecule has 0 aliphatic carbocycles. The largest absolute Gasteiger partial charge is 0.482 e. The van der Waals surface area contributed by atoms with Gasteiger partial charge in [-0.2, -0.15) is 4.31 Å². The van der Waals surface area contributed by atoms with Crippen molar-refractivity contribution in [2.45, 2.75) is 42.7 Å². The number of piperidine rings is 1. The molecule has 0 spiro atoms. The van der Waals surface area contributed by atoms with Crippen molar-refractivity contribution >= 4 is 39.1 Å². The van der Waals surface area contributed by atoms with E-state index in [2.05, 4.69) is 10.2 Å². The Kier molecular flexibility index (Phi) is 5.45. The van der Waals surface area contributed by atoms with Gasteiger partial charge in [0, 0.05) is 25.2 Å². The van der Waals surface area contributed by atoms with Crippen molar-refractivity contribution in [2.75, 3.05) is 31.6 Å². The second kappa shape index (κ2) is 7.75. The molecule has 9 nitrogen and oxygen atoms in total. The van der Waals surface area contributed by atoms with Crippen LogP contribution in [0, 0.1) is 0 Å². The van der Waals surface area contributed by atoms with Gasteiger partial charge in [-0.15, -0.1) is 0 Å². The zero-order valence-electron chi connectivity index (χ0n) is 15.8. The number of hydrogen-bond acceptors (Lipinski definition) is 6. The number of ether oxygens (including phenoxy) is 1. The van der Waals surface area contributed by atoms with Crippen molar-refractivity contribution in [2.24, 2.45) is 5.73 Å². The fourth-order valence-electron chi connectivity index (χ4n) is 4.36. The normalized spacial score (nSPS) is 24.0. The number of primary amides is 1. The molecule has 3 N–H and O–H groups in total. The number of hydrogen-bond donors (Lipinski definition) is 2. The van der Waals surface area contributed by atoms with Crippen molar-refractivity contribution < 1.29 is 22.7 Å². The van der Waals surface area contributed by atoms with Crippen LogP contribution in [0.4, 0.5) is 5.69 Å². The summed E-state index contributed by atoms with van der Waals surface area (Å²) in [5, 5.41) is 2.64. The van der Waals surface area contributed by atoms with Crippen molar-refractivity contribution in [3.63, 3.8) is 0 Å². The van der Waals surface area contributed by atoms with Gasteiger partial charge >= 0.3 is 0 Å². The van der Waals surface area contributed by atoms with Gasteiger partial charge in [0.05, 0.1) is 16.8 Å². The molecule has 0 saturated carbocycles. The van der Waals surface area contributed by atoms with Gasteiger partial charge in [-0.3, -0.25) is 14.5 Å². The van der Waals surface area contributed by atoms with Crippen LogP contribution in [0.1, 0.15) is 25.7 Å². The number of benzene rings is 1. The summed E-state index contributed by atoms with van der Waals surface area (Å²) in [6.45, 7) is 1.31. The summed E-state index contributed by atoms with van der Waals surface area (Å²) in [6, 6.07) is 2.64. The summed E-state index contributed by atoms with van der Waals surface area (Å²) in [7, 11) is -3.82. The number of anilines is 1. The third kappa shape index (κ3) is 3.81. The molecule has 11 heteroatoms. The number of rotatable bonds is 4. The highest BCUT2D eigenvalue weighted by Crippen LogP contribution is 2.37. The van der Waals surface area contributed by atoms with E-state index < -0.39 is 10.0 Å². The first-order valence-corrected chi connectivity index (χ1v) is 11.4. The summed E-state index contributed by atoms with van der Waals surface area (Å²) in [4.78, 5) is 25.2. The van der Waals surface area contributed by atoms with Gasteiger partial charge in [0.15, 0.2) is 6.61 Å². The lowest BCUT2D eigenvalue weighted by molar-refractivity contribution is -0.123. The van der Waals surface area contributed by atoms with Crippen molar-refractivity contribution in [1.82, 2.24) is 9.21 Å². The number of fused-ring (bicyclic) bond motifs is 1. The van der Waals surface area contributed by atoms with E-state index in [1.54, 1.807) is 0 Å². The molecule has 0 radical (unpaired) electrons. The number of halogens is 1. The monoisotopic (exact) mass is 442 g/mol. The smallest absolute Gasteiger partial charge is 0.262 e. The number of sulfonamides is 1. The van der Waals surface area contributed by atoms with Gasteiger partial charge in [0.1, 0.15) is 10.6 Å². The standard InChI is InChI=1S/C18H23ClN4O5S/c19-12-8-13-15(28-10-17(24)21-13)9-16(12)29(26,27)22-6-3-11(4-7-22)23-5-1-2-14(23)18(20)25/h8-9,11,14H,1-7,10H2,(H2,20,25)(H,21,24). The van der Waals surface area contributed by atoms with Gasteiger partial charge in [0.2, 0.25) is 15.9 Å². The van der Waals surface area contributed by atoms with E-state index in [9.17, 15) is 18.0 Å². The van der Waals surface area contributed by atoms with E-state index in [-0.39, 0.29) is 46.2 Å². The molecule has 3 aliphatic heterocycles. The van der Waals surface area contributed by atoms with Gasteiger partial charge in [-0.25, -0.2) is 8.42 Å². The van der Waals surface area contributed by atoms with E-state index in [0.717, 1.165) is 19.4 Å². The van der Waals surface area contributed by atoms with Crippen molar-refractivity contribution in [3.8, 4) is 5.75 Å². The number of nitrogens with zero attached hydrogens (tertiary/aromatic N) is 2. The number of likely N-dealkylation sites (tertiary alicyclic amines) is 1. The van der Waals surface area contributed by atoms with Gasteiger partial charge < -0.3 is 15.8 Å². The zero-order valence-corrected chi connectivity index (χ0v) is 17.3. The lowest BCUT2D eigenvalue weighted by atomic mass is 10.0.